The third-order valence-corrected chi connectivity index (χ3v) is 6.56. The van der Waals surface area contributed by atoms with Crippen LogP contribution in [0.2, 0.25) is 0 Å². The minimum absolute atomic E-state index is 0.0162. The molecule has 37 heavy (non-hydrogen) atoms. The summed E-state index contributed by atoms with van der Waals surface area (Å²) in [6.45, 7) is 6.16. The molecule has 1 fully saturated rings. The molecule has 12 heteroatoms. The second-order valence-corrected chi connectivity index (χ2v) is 9.30. The van der Waals surface area contributed by atoms with E-state index in [-0.39, 0.29) is 23.2 Å². The monoisotopic (exact) mass is 513 g/mol. The first-order chi connectivity index (χ1) is 17.6. The van der Waals surface area contributed by atoms with Crippen LogP contribution in [0.15, 0.2) is 35.1 Å². The lowest BCUT2D eigenvalue weighted by Gasteiger charge is -2.28. The second-order valence-electron chi connectivity index (χ2n) is 9.30. The number of halogens is 3. The summed E-state index contributed by atoms with van der Waals surface area (Å²) in [6, 6.07) is 5.14. The largest absolute Gasteiger partial charge is 0.419 e. The fraction of sp³-hybridized carbons (Fsp3) is 0.360. The summed E-state index contributed by atoms with van der Waals surface area (Å²) in [5, 5.41) is 13.6. The minimum atomic E-state index is -4.65. The third kappa shape index (κ3) is 5.01. The number of aromatic amines is 1. The molecule has 1 saturated heterocycles. The van der Waals surface area contributed by atoms with Crippen molar-refractivity contribution in [1.29, 1.82) is 0 Å². The molecular formula is C25H26F3N7O2. The van der Waals surface area contributed by atoms with Gasteiger partial charge in [-0.2, -0.15) is 13.2 Å². The molecule has 1 aliphatic rings. The van der Waals surface area contributed by atoms with E-state index in [1.54, 1.807) is 32.0 Å². The van der Waals surface area contributed by atoms with Gasteiger partial charge in [-0.05, 0) is 45.7 Å². The average molecular weight is 514 g/mol. The maximum atomic E-state index is 13.9. The quantitative estimate of drug-likeness (QED) is 0.295. The van der Waals surface area contributed by atoms with Crippen LogP contribution in [0.3, 0.4) is 0 Å². The van der Waals surface area contributed by atoms with Gasteiger partial charge in [0.2, 0.25) is 5.95 Å². The molecule has 4 heterocycles. The van der Waals surface area contributed by atoms with Crippen molar-refractivity contribution in [2.45, 2.75) is 51.9 Å². The Morgan fingerprint density at radius 1 is 1.22 bits per heavy atom. The first-order valence-corrected chi connectivity index (χ1v) is 11.9. The number of aromatic nitrogens is 4. The highest BCUT2D eigenvalue weighted by molar-refractivity contribution is 6.08. The summed E-state index contributed by atoms with van der Waals surface area (Å²) in [7, 11) is 0. The van der Waals surface area contributed by atoms with Gasteiger partial charge in [0.1, 0.15) is 16.9 Å². The Morgan fingerprint density at radius 3 is 2.70 bits per heavy atom. The summed E-state index contributed by atoms with van der Waals surface area (Å²) in [5.41, 5.74) is 0.932. The van der Waals surface area contributed by atoms with Crippen LogP contribution in [-0.2, 0) is 6.18 Å². The molecule has 0 aliphatic carbocycles. The van der Waals surface area contributed by atoms with Gasteiger partial charge in [0.25, 0.3) is 5.91 Å². The van der Waals surface area contributed by atoms with Gasteiger partial charge in [-0.1, -0.05) is 11.2 Å². The highest BCUT2D eigenvalue weighted by atomic mass is 19.4. The lowest BCUT2D eigenvalue weighted by Crippen LogP contribution is -2.43. The van der Waals surface area contributed by atoms with Crippen LogP contribution in [0.1, 0.15) is 47.1 Å². The number of nitrogens with zero attached hydrogens (tertiary/aromatic N) is 3. The predicted octanol–water partition coefficient (Wildman–Crippen LogP) is 5.05. The van der Waals surface area contributed by atoms with E-state index in [0.717, 1.165) is 19.0 Å². The van der Waals surface area contributed by atoms with Crippen LogP contribution in [0.25, 0.3) is 22.2 Å². The van der Waals surface area contributed by atoms with Crippen molar-refractivity contribution in [1.82, 2.24) is 25.4 Å². The Labute approximate surface area is 210 Å². The Morgan fingerprint density at radius 2 is 2.03 bits per heavy atom. The summed E-state index contributed by atoms with van der Waals surface area (Å²) in [6.07, 6.45) is -0.563. The van der Waals surface area contributed by atoms with E-state index < -0.39 is 17.6 Å². The van der Waals surface area contributed by atoms with E-state index in [4.69, 9.17) is 4.52 Å². The number of fused-ring (bicyclic) bond motifs is 1. The van der Waals surface area contributed by atoms with Crippen LogP contribution in [0.5, 0.6) is 0 Å². The Bertz CT molecular complexity index is 1430. The van der Waals surface area contributed by atoms with E-state index in [0.29, 0.717) is 46.2 Å². The van der Waals surface area contributed by atoms with Gasteiger partial charge in [0, 0.05) is 53.1 Å². The first kappa shape index (κ1) is 24.8. The molecule has 5 rings (SSSR count). The molecule has 4 N–H and O–H groups in total. The van der Waals surface area contributed by atoms with E-state index in [2.05, 4.69) is 43.0 Å². The second kappa shape index (κ2) is 9.51. The zero-order valence-corrected chi connectivity index (χ0v) is 20.5. The van der Waals surface area contributed by atoms with Gasteiger partial charge in [-0.25, -0.2) is 9.97 Å². The maximum Gasteiger partial charge on any atom is 0.419 e. The summed E-state index contributed by atoms with van der Waals surface area (Å²) >= 11 is 0. The fourth-order valence-corrected chi connectivity index (χ4v) is 4.48. The van der Waals surface area contributed by atoms with Crippen molar-refractivity contribution in [2.75, 3.05) is 17.2 Å². The highest BCUT2D eigenvalue weighted by Crippen LogP contribution is 2.39. The normalized spacial score (nSPS) is 18.2. The van der Waals surface area contributed by atoms with Gasteiger partial charge in [0.05, 0.1) is 5.69 Å². The van der Waals surface area contributed by atoms with Crippen LogP contribution >= 0.6 is 0 Å². The molecule has 0 saturated carbocycles. The average Bonchev–Trinajstić information content (AvgIpc) is 3.42. The molecule has 1 aliphatic heterocycles. The molecule has 4 aromatic rings. The number of carbonyl (C=O) groups is 1. The molecule has 2 atom stereocenters. The van der Waals surface area contributed by atoms with Gasteiger partial charge < -0.3 is 25.5 Å². The molecule has 9 nitrogen and oxygen atoms in total. The number of alkyl halides is 3. The number of amides is 1. The van der Waals surface area contributed by atoms with Gasteiger partial charge >= 0.3 is 6.18 Å². The van der Waals surface area contributed by atoms with Gasteiger partial charge in [0.15, 0.2) is 5.76 Å². The molecule has 3 aromatic heterocycles. The third-order valence-electron chi connectivity index (χ3n) is 6.56. The Kier molecular flexibility index (Phi) is 6.36. The Balaban J connectivity index is 1.47. The van der Waals surface area contributed by atoms with Crippen LogP contribution in [0, 0.1) is 13.8 Å². The number of piperidine rings is 1. The topological polar surface area (TPSA) is 121 Å². The van der Waals surface area contributed by atoms with E-state index >= 15 is 0 Å². The Hall–Kier alpha value is -3.93. The SMILES string of the molecule is Cc1noc(C)c1NC(=O)c1ccc2c(-c3nc(N[C@H]4CC[C@H](C)NC4)ncc3C(F)(F)F)c[nH]c2c1. The van der Waals surface area contributed by atoms with Crippen molar-refractivity contribution in [3.63, 3.8) is 0 Å². The molecule has 0 unspecified atom stereocenters. The van der Waals surface area contributed by atoms with Gasteiger partial charge in [-0.3, -0.25) is 4.79 Å². The number of hydrogen-bond donors (Lipinski definition) is 4. The smallest absolute Gasteiger partial charge is 0.360 e. The number of anilines is 2. The van der Waals surface area contributed by atoms with E-state index in [9.17, 15) is 18.0 Å². The van der Waals surface area contributed by atoms with Crippen molar-refractivity contribution < 1.29 is 22.5 Å². The minimum Gasteiger partial charge on any atom is -0.360 e. The number of H-pyrrole nitrogens is 1. The molecule has 1 aromatic carbocycles. The van der Waals surface area contributed by atoms with E-state index in [1.807, 2.05) is 0 Å². The predicted molar refractivity (Wildman–Crippen MR) is 132 cm³/mol. The maximum absolute atomic E-state index is 13.9. The van der Waals surface area contributed by atoms with Crippen LogP contribution in [0.4, 0.5) is 24.8 Å². The number of aryl methyl sites for hydroxylation is 2. The zero-order valence-electron chi connectivity index (χ0n) is 20.5. The highest BCUT2D eigenvalue weighted by Gasteiger charge is 2.36. The molecule has 1 amide bonds. The van der Waals surface area contributed by atoms with Crippen molar-refractivity contribution in [2.24, 2.45) is 0 Å². The molecule has 0 spiro atoms. The number of carbonyl (C=O) groups excluding carboxylic acids is 1. The zero-order chi connectivity index (χ0) is 26.3. The summed E-state index contributed by atoms with van der Waals surface area (Å²) in [5.74, 6) is 0.210. The van der Waals surface area contributed by atoms with Crippen molar-refractivity contribution in [3.05, 3.63) is 53.2 Å². The number of nitrogens with one attached hydrogen (secondary N) is 4. The van der Waals surface area contributed by atoms with Crippen molar-refractivity contribution in [3.8, 4) is 11.3 Å². The molecule has 0 radical (unpaired) electrons. The number of rotatable bonds is 5. The van der Waals surface area contributed by atoms with E-state index in [1.165, 1.54) is 6.20 Å². The lowest BCUT2D eigenvalue weighted by atomic mass is 10.0. The summed E-state index contributed by atoms with van der Waals surface area (Å²) in [4.78, 5) is 24.0. The van der Waals surface area contributed by atoms with Crippen molar-refractivity contribution >= 4 is 28.4 Å². The molecular weight excluding hydrogens is 487 g/mol. The van der Waals surface area contributed by atoms with Crippen LogP contribution in [-0.4, -0.2) is 44.6 Å². The fourth-order valence-electron chi connectivity index (χ4n) is 4.48. The summed E-state index contributed by atoms with van der Waals surface area (Å²) < 4.78 is 46.8. The molecule has 0 bridgehead atoms. The number of benzene rings is 1. The lowest BCUT2D eigenvalue weighted by molar-refractivity contribution is -0.137. The van der Waals surface area contributed by atoms with Gasteiger partial charge in [-0.15, -0.1) is 0 Å². The molecule has 194 valence electrons. The number of hydrogen-bond acceptors (Lipinski definition) is 7. The standard InChI is InChI=1S/C25H26F3N7O2/c1-12-4-6-16(9-29-12)32-24-31-11-19(25(26,27)28)22(34-24)18-10-30-20-8-15(5-7-17(18)20)23(36)33-21-13(2)35-37-14(21)3/h5,7-8,10-12,16,29-30H,4,6,9H2,1-3H3,(H,33,36)(H,31,32,34)/t12-,16-/m0/s1. The van der Waals surface area contributed by atoms with Crippen LogP contribution < -0.4 is 16.0 Å². The first-order valence-electron chi connectivity index (χ1n) is 11.9.